The van der Waals surface area contributed by atoms with E-state index >= 15 is 0 Å². The molecule has 0 unspecified atom stereocenters. The molecule has 0 spiro atoms. The van der Waals surface area contributed by atoms with Gasteiger partial charge in [0.25, 0.3) is 5.91 Å². The third kappa shape index (κ3) is 4.31. The predicted molar refractivity (Wildman–Crippen MR) is 107 cm³/mol. The molecule has 150 valence electrons. The average molecular weight is 394 g/mol. The number of carbonyl (C=O) groups excluding carboxylic acids is 1. The molecule has 0 radical (unpaired) electrons. The molecule has 0 saturated carbocycles. The summed E-state index contributed by atoms with van der Waals surface area (Å²) in [4.78, 5) is 19.3. The van der Waals surface area contributed by atoms with E-state index in [1.165, 1.54) is 12.1 Å². The topological polar surface area (TPSA) is 55.6 Å². The minimum Gasteiger partial charge on any atom is -0.496 e. The lowest BCUT2D eigenvalue weighted by molar-refractivity contribution is 0.0694. The van der Waals surface area contributed by atoms with E-state index < -0.39 is 0 Å². The van der Waals surface area contributed by atoms with Gasteiger partial charge in [-0.15, -0.1) is 0 Å². The van der Waals surface area contributed by atoms with E-state index in [1.54, 1.807) is 31.5 Å². The van der Waals surface area contributed by atoms with Crippen molar-refractivity contribution in [3.05, 3.63) is 83.3 Å². The quantitative estimate of drug-likeness (QED) is 0.642. The first-order chi connectivity index (χ1) is 14.1. The van der Waals surface area contributed by atoms with Crippen LogP contribution in [0.4, 0.5) is 4.39 Å². The van der Waals surface area contributed by atoms with E-state index in [0.29, 0.717) is 42.5 Å². The monoisotopic (exact) mass is 394 g/mol. The summed E-state index contributed by atoms with van der Waals surface area (Å²) >= 11 is 0. The Labute approximate surface area is 169 Å². The number of likely N-dealkylation sites (tertiary alicyclic amines) is 1. The number of benzene rings is 2. The second-order valence-electron chi connectivity index (χ2n) is 7.26. The highest BCUT2D eigenvalue weighted by Gasteiger charge is 2.29. The Balaban J connectivity index is 1.46. The largest absolute Gasteiger partial charge is 0.496 e. The Morgan fingerprint density at radius 3 is 2.97 bits per heavy atom. The van der Waals surface area contributed by atoms with E-state index in [1.807, 2.05) is 23.1 Å². The lowest BCUT2D eigenvalue weighted by Gasteiger charge is -2.31. The first-order valence-electron chi connectivity index (χ1n) is 9.75. The van der Waals surface area contributed by atoms with Crippen molar-refractivity contribution in [2.45, 2.75) is 25.2 Å². The Morgan fingerprint density at radius 1 is 1.28 bits per heavy atom. The standard InChI is InChI=1S/C23H23FN2O3/c1-28-21-10-3-2-9-20(21)23(27)26-11-5-7-17(15-26)22-25-14-19(29-22)13-16-6-4-8-18(24)12-16/h2-4,6,8-10,12,14,17H,5,7,11,13,15H2,1H3/t17-/m1/s1. The van der Waals surface area contributed by atoms with Gasteiger partial charge >= 0.3 is 0 Å². The molecule has 0 N–H and O–H groups in total. The molecule has 1 atom stereocenters. The minimum absolute atomic E-state index is 0.0429. The zero-order chi connectivity index (χ0) is 20.2. The molecule has 1 saturated heterocycles. The van der Waals surface area contributed by atoms with Crippen molar-refractivity contribution >= 4 is 5.91 Å². The number of hydrogen-bond acceptors (Lipinski definition) is 4. The highest BCUT2D eigenvalue weighted by Crippen LogP contribution is 2.29. The molecular weight excluding hydrogens is 371 g/mol. The Hall–Kier alpha value is -3.15. The number of amides is 1. The fraction of sp³-hybridized carbons (Fsp3) is 0.304. The van der Waals surface area contributed by atoms with E-state index in [-0.39, 0.29) is 17.6 Å². The van der Waals surface area contributed by atoms with Gasteiger partial charge < -0.3 is 14.1 Å². The highest BCUT2D eigenvalue weighted by atomic mass is 19.1. The maximum Gasteiger partial charge on any atom is 0.257 e. The predicted octanol–water partition coefficient (Wildman–Crippen LogP) is 4.43. The van der Waals surface area contributed by atoms with Gasteiger partial charge in [-0.05, 0) is 42.7 Å². The number of nitrogens with zero attached hydrogens (tertiary/aromatic N) is 2. The summed E-state index contributed by atoms with van der Waals surface area (Å²) in [5, 5.41) is 0. The summed E-state index contributed by atoms with van der Waals surface area (Å²) in [7, 11) is 1.57. The highest BCUT2D eigenvalue weighted by molar-refractivity contribution is 5.97. The second kappa shape index (κ2) is 8.47. The zero-order valence-electron chi connectivity index (χ0n) is 16.3. The van der Waals surface area contributed by atoms with Gasteiger partial charge in [-0.1, -0.05) is 24.3 Å². The number of oxazole rings is 1. The van der Waals surface area contributed by atoms with Crippen LogP contribution in [0.25, 0.3) is 0 Å². The van der Waals surface area contributed by atoms with Crippen LogP contribution < -0.4 is 4.74 Å². The number of ether oxygens (including phenoxy) is 1. The normalized spacial score (nSPS) is 16.6. The molecule has 4 rings (SSSR count). The van der Waals surface area contributed by atoms with Crippen LogP contribution >= 0.6 is 0 Å². The summed E-state index contributed by atoms with van der Waals surface area (Å²) in [5.74, 6) is 1.64. The van der Waals surface area contributed by atoms with E-state index in [0.717, 1.165) is 18.4 Å². The van der Waals surface area contributed by atoms with Crippen LogP contribution in [0.3, 0.4) is 0 Å². The Bertz CT molecular complexity index is 1000. The molecule has 1 aromatic heterocycles. The summed E-state index contributed by atoms with van der Waals surface area (Å²) in [6.45, 7) is 1.25. The third-order valence-electron chi connectivity index (χ3n) is 5.23. The van der Waals surface area contributed by atoms with Crippen LogP contribution in [0, 0.1) is 5.82 Å². The Kier molecular flexibility index (Phi) is 5.60. The second-order valence-corrected chi connectivity index (χ2v) is 7.26. The Morgan fingerprint density at radius 2 is 2.14 bits per heavy atom. The summed E-state index contributed by atoms with van der Waals surface area (Å²) in [6, 6.07) is 13.7. The van der Waals surface area contributed by atoms with Crippen LogP contribution in [0.1, 0.15) is 46.3 Å². The molecule has 2 heterocycles. The zero-order valence-corrected chi connectivity index (χ0v) is 16.3. The van der Waals surface area contributed by atoms with Crippen molar-refractivity contribution < 1.29 is 18.3 Å². The molecule has 0 bridgehead atoms. The van der Waals surface area contributed by atoms with Crippen LogP contribution in [0.15, 0.2) is 59.1 Å². The maximum absolute atomic E-state index is 13.4. The van der Waals surface area contributed by atoms with Crippen molar-refractivity contribution in [3.8, 4) is 5.75 Å². The van der Waals surface area contributed by atoms with E-state index in [9.17, 15) is 9.18 Å². The van der Waals surface area contributed by atoms with Crippen LogP contribution in [0.5, 0.6) is 5.75 Å². The van der Waals surface area contributed by atoms with Gasteiger partial charge in [0, 0.05) is 19.5 Å². The fourth-order valence-electron chi connectivity index (χ4n) is 3.80. The van der Waals surface area contributed by atoms with Crippen molar-refractivity contribution in [1.82, 2.24) is 9.88 Å². The molecule has 0 aliphatic carbocycles. The van der Waals surface area contributed by atoms with Gasteiger partial charge in [-0.2, -0.15) is 0 Å². The number of aromatic nitrogens is 1. The van der Waals surface area contributed by atoms with Gasteiger partial charge in [-0.3, -0.25) is 4.79 Å². The van der Waals surface area contributed by atoms with Gasteiger partial charge in [-0.25, -0.2) is 9.37 Å². The minimum atomic E-state index is -0.264. The smallest absolute Gasteiger partial charge is 0.257 e. The summed E-state index contributed by atoms with van der Waals surface area (Å²) < 4.78 is 24.7. The van der Waals surface area contributed by atoms with Crippen molar-refractivity contribution in [1.29, 1.82) is 0 Å². The number of carbonyl (C=O) groups is 1. The number of hydrogen-bond donors (Lipinski definition) is 0. The number of methoxy groups -OCH3 is 1. The fourth-order valence-corrected chi connectivity index (χ4v) is 3.80. The lowest BCUT2D eigenvalue weighted by atomic mass is 9.97. The van der Waals surface area contributed by atoms with E-state index in [2.05, 4.69) is 4.98 Å². The number of rotatable bonds is 5. The molecule has 1 aliphatic rings. The van der Waals surface area contributed by atoms with Gasteiger partial charge in [0.2, 0.25) is 0 Å². The molecule has 1 amide bonds. The van der Waals surface area contributed by atoms with Gasteiger partial charge in [0.05, 0.1) is 24.8 Å². The van der Waals surface area contributed by atoms with Crippen LogP contribution in [-0.4, -0.2) is 36.0 Å². The maximum atomic E-state index is 13.4. The molecular formula is C23H23FN2O3. The van der Waals surface area contributed by atoms with Gasteiger partial charge in [0.15, 0.2) is 5.89 Å². The van der Waals surface area contributed by atoms with Crippen molar-refractivity contribution in [2.24, 2.45) is 0 Å². The summed E-state index contributed by atoms with van der Waals surface area (Å²) in [5.41, 5.74) is 1.40. The summed E-state index contributed by atoms with van der Waals surface area (Å²) in [6.07, 6.45) is 3.98. The molecule has 2 aromatic carbocycles. The molecule has 5 nitrogen and oxygen atoms in total. The van der Waals surface area contributed by atoms with E-state index in [4.69, 9.17) is 9.15 Å². The number of piperidine rings is 1. The van der Waals surface area contributed by atoms with Crippen LogP contribution in [0.2, 0.25) is 0 Å². The van der Waals surface area contributed by atoms with Gasteiger partial charge in [0.1, 0.15) is 17.3 Å². The SMILES string of the molecule is COc1ccccc1C(=O)N1CCC[C@@H](c2ncc(Cc3cccc(F)c3)o2)C1. The first-order valence-corrected chi connectivity index (χ1v) is 9.75. The van der Waals surface area contributed by atoms with Crippen molar-refractivity contribution in [2.75, 3.05) is 20.2 Å². The number of halogens is 1. The van der Waals surface area contributed by atoms with Crippen LogP contribution in [-0.2, 0) is 6.42 Å². The third-order valence-corrected chi connectivity index (χ3v) is 5.23. The lowest BCUT2D eigenvalue weighted by Crippen LogP contribution is -2.39. The molecule has 1 fully saturated rings. The molecule has 1 aliphatic heterocycles. The first kappa shape index (κ1) is 19.2. The molecule has 29 heavy (non-hydrogen) atoms. The van der Waals surface area contributed by atoms with Crippen molar-refractivity contribution in [3.63, 3.8) is 0 Å². The molecule has 6 heteroatoms. The average Bonchev–Trinajstić information content (AvgIpc) is 3.22. The number of para-hydroxylation sites is 1. The molecule has 3 aromatic rings.